The van der Waals surface area contributed by atoms with Crippen LogP contribution in [-0.2, 0) is 0 Å². The molecule has 1 unspecified atom stereocenters. The number of pyridine rings is 2. The van der Waals surface area contributed by atoms with Crippen LogP contribution in [0, 0.1) is 10.1 Å². The molecule has 0 saturated carbocycles. The second-order valence-electron chi connectivity index (χ2n) is 4.06. The van der Waals surface area contributed by atoms with Crippen molar-refractivity contribution in [3.63, 3.8) is 0 Å². The van der Waals surface area contributed by atoms with E-state index in [0.29, 0.717) is 22.1 Å². The topological polar surface area (TPSA) is 102 Å². The molecule has 0 radical (unpaired) electrons. The first kappa shape index (κ1) is 11.5. The lowest BCUT2D eigenvalue weighted by Gasteiger charge is -2.06. The van der Waals surface area contributed by atoms with Crippen LogP contribution in [0.2, 0.25) is 0 Å². The summed E-state index contributed by atoms with van der Waals surface area (Å²) < 4.78 is 5.52. The van der Waals surface area contributed by atoms with Gasteiger partial charge < -0.3 is 9.52 Å². The summed E-state index contributed by atoms with van der Waals surface area (Å²) in [7, 11) is 0. The van der Waals surface area contributed by atoms with Crippen LogP contribution in [0.5, 0.6) is 0 Å². The maximum atomic E-state index is 10.5. The summed E-state index contributed by atoms with van der Waals surface area (Å²) in [5, 5.41) is 21.7. The van der Waals surface area contributed by atoms with Gasteiger partial charge in [-0.15, -0.1) is 0 Å². The zero-order chi connectivity index (χ0) is 13.4. The number of aliphatic hydroxyl groups excluding tert-OH is 1. The molecule has 0 aliphatic rings. The summed E-state index contributed by atoms with van der Waals surface area (Å²) in [6.07, 6.45) is 1.76. The van der Waals surface area contributed by atoms with Gasteiger partial charge in [0.1, 0.15) is 5.58 Å². The normalized spacial score (nSPS) is 12.9. The number of aliphatic hydroxyl groups is 1. The summed E-state index contributed by atoms with van der Waals surface area (Å²) in [4.78, 5) is 18.0. The number of aromatic nitrogens is 2. The average Bonchev–Trinajstić information content (AvgIpc) is 2.76. The highest BCUT2D eigenvalue weighted by molar-refractivity contribution is 6.04. The van der Waals surface area contributed by atoms with Crippen LogP contribution in [0.25, 0.3) is 22.1 Å². The Morgan fingerprint density at radius 2 is 2.21 bits per heavy atom. The van der Waals surface area contributed by atoms with E-state index in [4.69, 9.17) is 4.42 Å². The molecule has 7 heteroatoms. The lowest BCUT2D eigenvalue weighted by atomic mass is 10.1. The van der Waals surface area contributed by atoms with Crippen molar-refractivity contribution in [2.24, 2.45) is 0 Å². The number of rotatable bonds is 3. The van der Waals surface area contributed by atoms with Gasteiger partial charge in [0.2, 0.25) is 12.3 Å². The van der Waals surface area contributed by atoms with E-state index in [1.807, 2.05) is 0 Å². The van der Waals surface area contributed by atoms with E-state index in [-0.39, 0.29) is 5.69 Å². The molecule has 0 aliphatic carbocycles. The van der Waals surface area contributed by atoms with Crippen molar-refractivity contribution in [1.29, 1.82) is 0 Å². The summed E-state index contributed by atoms with van der Waals surface area (Å²) in [6.45, 7) is -0.598. The Labute approximate surface area is 106 Å². The number of hydrogen-bond donors (Lipinski definition) is 1. The molecule has 3 rings (SSSR count). The van der Waals surface area contributed by atoms with Crippen molar-refractivity contribution in [1.82, 2.24) is 9.97 Å². The molecule has 1 N–H and O–H groups in total. The van der Waals surface area contributed by atoms with E-state index in [2.05, 4.69) is 9.97 Å². The van der Waals surface area contributed by atoms with Crippen molar-refractivity contribution in [3.8, 4) is 0 Å². The van der Waals surface area contributed by atoms with E-state index in [1.165, 1.54) is 6.20 Å². The molecular formula is C12H9N3O4. The molecule has 0 saturated heterocycles. The van der Waals surface area contributed by atoms with Gasteiger partial charge in [-0.3, -0.25) is 15.1 Å². The smallest absolute Gasteiger partial charge is 0.235 e. The molecule has 19 heavy (non-hydrogen) atoms. The van der Waals surface area contributed by atoms with Gasteiger partial charge in [-0.25, -0.2) is 4.98 Å². The number of nitro groups is 1. The van der Waals surface area contributed by atoms with Gasteiger partial charge in [0, 0.05) is 17.3 Å². The first-order valence-corrected chi connectivity index (χ1v) is 5.59. The van der Waals surface area contributed by atoms with Crippen LogP contribution in [0.4, 0.5) is 0 Å². The molecule has 0 aliphatic heterocycles. The van der Waals surface area contributed by atoms with Crippen LogP contribution in [0.15, 0.2) is 35.0 Å². The fraction of sp³-hybridized carbons (Fsp3) is 0.167. The van der Waals surface area contributed by atoms with Gasteiger partial charge in [-0.05, 0) is 18.2 Å². The van der Waals surface area contributed by atoms with Gasteiger partial charge in [-0.1, -0.05) is 0 Å². The standard InChI is InChI=1S/C12H9N3O4/c16-8(6-15(17)18)11-10-7-2-1-4-14-12(7)19-9(10)3-5-13-11/h1-5,8,16H,6H2. The van der Waals surface area contributed by atoms with Crippen LogP contribution < -0.4 is 0 Å². The van der Waals surface area contributed by atoms with Gasteiger partial charge >= 0.3 is 0 Å². The monoisotopic (exact) mass is 259 g/mol. The Balaban J connectivity index is 2.26. The second-order valence-corrected chi connectivity index (χ2v) is 4.06. The summed E-state index contributed by atoms with van der Waals surface area (Å²) in [5.74, 6) is 0. The largest absolute Gasteiger partial charge is 0.438 e. The number of fused-ring (bicyclic) bond motifs is 3. The maximum absolute atomic E-state index is 10.5. The summed E-state index contributed by atoms with van der Waals surface area (Å²) in [6, 6.07) is 5.14. The van der Waals surface area contributed by atoms with Crippen LogP contribution >= 0.6 is 0 Å². The van der Waals surface area contributed by atoms with Crippen molar-refractivity contribution in [2.75, 3.05) is 6.54 Å². The van der Waals surface area contributed by atoms with Gasteiger partial charge in [0.05, 0.1) is 16.5 Å². The predicted molar refractivity (Wildman–Crippen MR) is 66.1 cm³/mol. The first-order valence-electron chi connectivity index (χ1n) is 5.59. The highest BCUT2D eigenvalue weighted by atomic mass is 16.6. The molecular weight excluding hydrogens is 250 g/mol. The Hall–Kier alpha value is -2.54. The number of hydrogen-bond acceptors (Lipinski definition) is 6. The SMILES string of the molecule is O=[N+]([O-])CC(O)c1nccc2oc3ncccc3c12. The number of nitrogens with zero attached hydrogens (tertiary/aromatic N) is 3. The minimum atomic E-state index is -1.28. The molecule has 3 aromatic heterocycles. The molecule has 0 aromatic carbocycles. The lowest BCUT2D eigenvalue weighted by Crippen LogP contribution is -2.13. The van der Waals surface area contributed by atoms with Crippen molar-refractivity contribution >= 4 is 22.1 Å². The molecule has 0 fully saturated rings. The molecule has 1 atom stereocenters. The zero-order valence-electron chi connectivity index (χ0n) is 9.68. The van der Waals surface area contributed by atoms with E-state index in [0.717, 1.165) is 0 Å². The second kappa shape index (κ2) is 4.29. The van der Waals surface area contributed by atoms with Crippen LogP contribution in [-0.4, -0.2) is 26.5 Å². The molecule has 3 heterocycles. The Morgan fingerprint density at radius 1 is 1.37 bits per heavy atom. The third-order valence-corrected chi connectivity index (χ3v) is 2.83. The fourth-order valence-electron chi connectivity index (χ4n) is 2.06. The Bertz CT molecular complexity index is 768. The van der Waals surface area contributed by atoms with Crippen LogP contribution in [0.1, 0.15) is 11.8 Å². The third-order valence-electron chi connectivity index (χ3n) is 2.83. The highest BCUT2D eigenvalue weighted by Crippen LogP contribution is 2.31. The third kappa shape index (κ3) is 1.89. The average molecular weight is 259 g/mol. The van der Waals surface area contributed by atoms with Crippen molar-refractivity contribution < 1.29 is 14.4 Å². The van der Waals surface area contributed by atoms with E-state index in [9.17, 15) is 15.2 Å². The Morgan fingerprint density at radius 3 is 3.00 bits per heavy atom. The van der Waals surface area contributed by atoms with Gasteiger partial charge in [0.25, 0.3) is 0 Å². The fourth-order valence-corrected chi connectivity index (χ4v) is 2.06. The molecule has 0 bridgehead atoms. The molecule has 0 spiro atoms. The van der Waals surface area contributed by atoms with E-state index >= 15 is 0 Å². The minimum Gasteiger partial charge on any atom is -0.438 e. The number of furan rings is 1. The zero-order valence-corrected chi connectivity index (χ0v) is 9.68. The van der Waals surface area contributed by atoms with Crippen molar-refractivity contribution in [3.05, 3.63) is 46.4 Å². The molecule has 3 aromatic rings. The molecule has 0 amide bonds. The van der Waals surface area contributed by atoms with Crippen LogP contribution in [0.3, 0.4) is 0 Å². The molecule has 7 nitrogen and oxygen atoms in total. The summed E-state index contributed by atoms with van der Waals surface area (Å²) in [5.41, 5.74) is 1.15. The summed E-state index contributed by atoms with van der Waals surface area (Å²) >= 11 is 0. The highest BCUT2D eigenvalue weighted by Gasteiger charge is 2.21. The van der Waals surface area contributed by atoms with Gasteiger partial charge in [0.15, 0.2) is 6.10 Å². The predicted octanol–water partition coefficient (Wildman–Crippen LogP) is 1.69. The van der Waals surface area contributed by atoms with E-state index in [1.54, 1.807) is 24.4 Å². The lowest BCUT2D eigenvalue weighted by molar-refractivity contribution is -0.491. The first-order chi connectivity index (χ1) is 9.16. The minimum absolute atomic E-state index is 0.237. The van der Waals surface area contributed by atoms with Crippen molar-refractivity contribution in [2.45, 2.75) is 6.10 Å². The maximum Gasteiger partial charge on any atom is 0.235 e. The van der Waals surface area contributed by atoms with E-state index < -0.39 is 17.6 Å². The quantitative estimate of drug-likeness (QED) is 0.567. The van der Waals surface area contributed by atoms with Gasteiger partial charge in [-0.2, -0.15) is 0 Å². The molecule has 96 valence electrons. The Kier molecular flexibility index (Phi) is 2.60.